The van der Waals surface area contributed by atoms with Crippen molar-refractivity contribution in [3.8, 4) is 0 Å². The summed E-state index contributed by atoms with van der Waals surface area (Å²) in [6.07, 6.45) is -1.02. The first-order chi connectivity index (χ1) is 5.29. The molecule has 58 valence electrons. The van der Waals surface area contributed by atoms with Crippen LogP contribution in [0.5, 0.6) is 0 Å². The highest BCUT2D eigenvalue weighted by Gasteiger charge is 2.24. The van der Waals surface area contributed by atoms with Gasteiger partial charge in [0.2, 0.25) is 6.35 Å². The lowest BCUT2D eigenvalue weighted by Gasteiger charge is -2.12. The molecular weight excluding hydrogens is 144 g/mol. The Morgan fingerprint density at radius 3 is 2.82 bits per heavy atom. The average Bonchev–Trinajstić information content (AvgIpc) is 2.30. The third-order valence-electron chi connectivity index (χ3n) is 1.67. The number of anilines is 2. The summed E-state index contributed by atoms with van der Waals surface area (Å²) in [6, 6.07) is 7.13. The minimum Gasteiger partial charge on any atom is -0.355 e. The van der Waals surface area contributed by atoms with E-state index in [1.807, 2.05) is 6.07 Å². The molecule has 4 heteroatoms. The van der Waals surface area contributed by atoms with Gasteiger partial charge < -0.3 is 10.4 Å². The summed E-state index contributed by atoms with van der Waals surface area (Å²) in [7, 11) is 0. The summed E-state index contributed by atoms with van der Waals surface area (Å²) < 4.78 is 0. The number of hydrogen-bond donors (Lipinski definition) is 3. The number of hydrogen-bond acceptors (Lipinski definition) is 4. The molecule has 0 radical (unpaired) electrons. The Morgan fingerprint density at radius 1 is 1.36 bits per heavy atom. The number of nitrogens with one attached hydrogen (secondary N) is 1. The van der Waals surface area contributed by atoms with Gasteiger partial charge in [-0.05, 0) is 12.1 Å². The molecule has 0 aromatic heterocycles. The van der Waals surface area contributed by atoms with Crippen LogP contribution in [0.15, 0.2) is 24.3 Å². The van der Waals surface area contributed by atoms with Gasteiger partial charge in [-0.15, -0.1) is 0 Å². The largest absolute Gasteiger partial charge is 0.355 e. The highest BCUT2D eigenvalue weighted by atomic mass is 16.5. The number of hydroxylamine groups is 1. The molecule has 0 amide bonds. The standard InChI is InChI=1S/C7H8N2O2/c10-7-8-5-3-1-2-4-6(5)9(7)11/h1-4,7-8,10-11H. The van der Waals surface area contributed by atoms with Crippen LogP contribution in [0.4, 0.5) is 11.4 Å². The summed E-state index contributed by atoms with van der Waals surface area (Å²) >= 11 is 0. The van der Waals surface area contributed by atoms with Crippen molar-refractivity contribution >= 4 is 11.4 Å². The highest BCUT2D eigenvalue weighted by Crippen LogP contribution is 2.31. The fourth-order valence-electron chi connectivity index (χ4n) is 1.13. The predicted molar refractivity (Wildman–Crippen MR) is 40.3 cm³/mol. The van der Waals surface area contributed by atoms with Crippen LogP contribution >= 0.6 is 0 Å². The van der Waals surface area contributed by atoms with E-state index in [0.717, 1.165) is 10.8 Å². The fourth-order valence-corrected chi connectivity index (χ4v) is 1.13. The van der Waals surface area contributed by atoms with E-state index in [2.05, 4.69) is 5.32 Å². The molecule has 11 heavy (non-hydrogen) atoms. The smallest absolute Gasteiger partial charge is 0.228 e. The molecule has 3 N–H and O–H groups in total. The Kier molecular flexibility index (Phi) is 1.24. The van der Waals surface area contributed by atoms with E-state index in [1.165, 1.54) is 0 Å². The first kappa shape index (κ1) is 6.45. The number of fused-ring (bicyclic) bond motifs is 1. The van der Waals surface area contributed by atoms with E-state index in [9.17, 15) is 5.21 Å². The molecule has 1 aliphatic rings. The molecule has 1 aromatic carbocycles. The Balaban J connectivity index is 2.47. The minimum atomic E-state index is -1.02. The molecule has 4 nitrogen and oxygen atoms in total. The molecule has 1 atom stereocenters. The van der Waals surface area contributed by atoms with Crippen molar-refractivity contribution in [1.82, 2.24) is 0 Å². The van der Waals surface area contributed by atoms with Crippen molar-refractivity contribution in [3.63, 3.8) is 0 Å². The summed E-state index contributed by atoms with van der Waals surface area (Å²) in [4.78, 5) is 0. The number of aliphatic hydroxyl groups is 1. The number of nitrogens with zero attached hydrogens (tertiary/aromatic N) is 1. The van der Waals surface area contributed by atoms with Gasteiger partial charge in [-0.25, -0.2) is 5.06 Å². The van der Waals surface area contributed by atoms with Gasteiger partial charge in [0.05, 0.1) is 11.4 Å². The lowest BCUT2D eigenvalue weighted by molar-refractivity contribution is 0.0940. The van der Waals surface area contributed by atoms with Crippen LogP contribution in [0.25, 0.3) is 0 Å². The van der Waals surface area contributed by atoms with E-state index >= 15 is 0 Å². The van der Waals surface area contributed by atoms with Gasteiger partial charge in [-0.1, -0.05) is 12.1 Å². The van der Waals surface area contributed by atoms with Gasteiger partial charge in [0, 0.05) is 0 Å². The molecule has 1 aliphatic heterocycles. The third-order valence-corrected chi connectivity index (χ3v) is 1.67. The van der Waals surface area contributed by atoms with Crippen molar-refractivity contribution in [2.75, 3.05) is 10.4 Å². The first-order valence-corrected chi connectivity index (χ1v) is 3.31. The average molecular weight is 152 g/mol. The number of para-hydroxylation sites is 2. The maximum absolute atomic E-state index is 9.17. The lowest BCUT2D eigenvalue weighted by Crippen LogP contribution is -2.31. The zero-order chi connectivity index (χ0) is 7.84. The van der Waals surface area contributed by atoms with Crippen LogP contribution in [-0.2, 0) is 0 Å². The molecule has 1 heterocycles. The van der Waals surface area contributed by atoms with E-state index in [1.54, 1.807) is 18.2 Å². The van der Waals surface area contributed by atoms with Gasteiger partial charge in [0.25, 0.3) is 0 Å². The SMILES string of the molecule is OC1Nc2ccccc2N1O. The second kappa shape index (κ2) is 2.11. The maximum Gasteiger partial charge on any atom is 0.228 e. The Hall–Kier alpha value is -1.26. The summed E-state index contributed by atoms with van der Waals surface area (Å²) in [5.41, 5.74) is 1.34. The third kappa shape index (κ3) is 0.840. The highest BCUT2D eigenvalue weighted by molar-refractivity contribution is 5.73. The van der Waals surface area contributed by atoms with Crippen LogP contribution in [0.3, 0.4) is 0 Å². The molecule has 0 spiro atoms. The van der Waals surface area contributed by atoms with Gasteiger partial charge in [0.1, 0.15) is 0 Å². The minimum absolute atomic E-state index is 0.597. The van der Waals surface area contributed by atoms with Crippen molar-refractivity contribution in [1.29, 1.82) is 0 Å². The van der Waals surface area contributed by atoms with Crippen molar-refractivity contribution in [2.45, 2.75) is 6.35 Å². The quantitative estimate of drug-likeness (QED) is 0.509. The second-order valence-electron chi connectivity index (χ2n) is 2.38. The van der Waals surface area contributed by atoms with Crippen LogP contribution in [0.2, 0.25) is 0 Å². The molecular formula is C7H8N2O2. The first-order valence-electron chi connectivity index (χ1n) is 3.31. The molecule has 1 unspecified atom stereocenters. The zero-order valence-electron chi connectivity index (χ0n) is 5.73. The van der Waals surface area contributed by atoms with E-state index < -0.39 is 6.35 Å². The second-order valence-corrected chi connectivity index (χ2v) is 2.38. The van der Waals surface area contributed by atoms with E-state index in [4.69, 9.17) is 5.11 Å². The molecule has 0 saturated heterocycles. The Bertz CT molecular complexity index is 277. The Morgan fingerprint density at radius 2 is 2.09 bits per heavy atom. The Labute approximate surface area is 63.6 Å². The van der Waals surface area contributed by atoms with Crippen LogP contribution in [-0.4, -0.2) is 16.7 Å². The maximum atomic E-state index is 9.17. The van der Waals surface area contributed by atoms with E-state index in [0.29, 0.717) is 5.69 Å². The summed E-state index contributed by atoms with van der Waals surface area (Å²) in [6.45, 7) is 0. The van der Waals surface area contributed by atoms with Gasteiger partial charge in [0.15, 0.2) is 0 Å². The van der Waals surface area contributed by atoms with E-state index in [-0.39, 0.29) is 0 Å². The molecule has 2 rings (SSSR count). The number of rotatable bonds is 0. The predicted octanol–water partition coefficient (Wildman–Crippen LogP) is 0.584. The summed E-state index contributed by atoms with van der Waals surface area (Å²) in [5.74, 6) is 0. The van der Waals surface area contributed by atoms with Crippen molar-refractivity contribution < 1.29 is 10.3 Å². The monoisotopic (exact) mass is 152 g/mol. The molecule has 0 fully saturated rings. The molecule has 0 saturated carbocycles. The van der Waals surface area contributed by atoms with Crippen LogP contribution < -0.4 is 10.4 Å². The van der Waals surface area contributed by atoms with Gasteiger partial charge >= 0.3 is 0 Å². The molecule has 0 aliphatic carbocycles. The molecule has 1 aromatic rings. The van der Waals surface area contributed by atoms with Crippen LogP contribution in [0, 0.1) is 0 Å². The van der Waals surface area contributed by atoms with Crippen LogP contribution in [0.1, 0.15) is 0 Å². The topological polar surface area (TPSA) is 55.7 Å². The normalized spacial score (nSPS) is 21.3. The van der Waals surface area contributed by atoms with Crippen molar-refractivity contribution in [2.24, 2.45) is 0 Å². The van der Waals surface area contributed by atoms with Gasteiger partial charge in [-0.3, -0.25) is 5.21 Å². The lowest BCUT2D eigenvalue weighted by atomic mass is 10.3. The summed E-state index contributed by atoms with van der Waals surface area (Å²) in [5, 5.41) is 21.7. The number of aliphatic hydroxyl groups excluding tert-OH is 1. The fraction of sp³-hybridized carbons (Fsp3) is 0.143. The molecule has 0 bridgehead atoms. The van der Waals surface area contributed by atoms with Gasteiger partial charge in [-0.2, -0.15) is 0 Å². The number of benzene rings is 1. The zero-order valence-corrected chi connectivity index (χ0v) is 5.73. The van der Waals surface area contributed by atoms with Crippen molar-refractivity contribution in [3.05, 3.63) is 24.3 Å².